The van der Waals surface area contributed by atoms with Crippen LogP contribution in [0.1, 0.15) is 54.6 Å². The number of amides is 1. The fraction of sp³-hybridized carbons (Fsp3) is 0.409. The Morgan fingerprint density at radius 1 is 1.18 bits per heavy atom. The van der Waals surface area contributed by atoms with Gasteiger partial charge in [0.2, 0.25) is 10.0 Å². The first kappa shape index (κ1) is 20.6. The zero-order chi connectivity index (χ0) is 20.3. The highest BCUT2D eigenvalue weighted by molar-refractivity contribution is 7.89. The highest BCUT2D eigenvalue weighted by Gasteiger charge is 2.26. The number of carbonyl (C=O) groups is 1. The molecule has 1 unspecified atom stereocenters. The van der Waals surface area contributed by atoms with Crippen LogP contribution in [-0.2, 0) is 16.4 Å². The fourth-order valence-electron chi connectivity index (χ4n) is 3.63. The average Bonchev–Trinajstić information content (AvgIpc) is 2.67. The summed E-state index contributed by atoms with van der Waals surface area (Å²) >= 11 is 0. The van der Waals surface area contributed by atoms with Gasteiger partial charge in [0.15, 0.2) is 0 Å². The van der Waals surface area contributed by atoms with Gasteiger partial charge in [-0.2, -0.15) is 0 Å². The topological polar surface area (TPSA) is 66.5 Å². The Kier molecular flexibility index (Phi) is 6.20. The molecular formula is C22H28N2O3S. The minimum absolute atomic E-state index is 0.0498. The lowest BCUT2D eigenvalue weighted by Gasteiger charge is -2.30. The molecule has 0 saturated heterocycles. The molecule has 1 amide bonds. The Morgan fingerprint density at radius 3 is 2.57 bits per heavy atom. The van der Waals surface area contributed by atoms with Gasteiger partial charge < -0.3 is 4.90 Å². The molecule has 5 nitrogen and oxygen atoms in total. The van der Waals surface area contributed by atoms with Gasteiger partial charge in [-0.15, -0.1) is 0 Å². The Hall–Kier alpha value is -2.18. The lowest BCUT2D eigenvalue weighted by Crippen LogP contribution is -2.36. The summed E-state index contributed by atoms with van der Waals surface area (Å²) in [6.07, 6.45) is 3.29. The summed E-state index contributed by atoms with van der Waals surface area (Å²) in [6.45, 7) is 6.53. The molecule has 150 valence electrons. The molecule has 1 aliphatic rings. The largest absolute Gasteiger partial charge is 0.308 e. The van der Waals surface area contributed by atoms with Crippen LogP contribution in [0.5, 0.6) is 0 Å². The van der Waals surface area contributed by atoms with E-state index in [9.17, 15) is 13.2 Å². The molecule has 0 fully saturated rings. The molecule has 1 aliphatic heterocycles. The van der Waals surface area contributed by atoms with E-state index in [1.165, 1.54) is 0 Å². The predicted octanol–water partition coefficient (Wildman–Crippen LogP) is 4.05. The van der Waals surface area contributed by atoms with E-state index >= 15 is 0 Å². The molecule has 0 aromatic heterocycles. The van der Waals surface area contributed by atoms with Crippen molar-refractivity contribution in [2.24, 2.45) is 0 Å². The van der Waals surface area contributed by atoms with E-state index in [0.717, 1.165) is 42.5 Å². The summed E-state index contributed by atoms with van der Waals surface area (Å²) in [6, 6.07) is 12.5. The molecule has 28 heavy (non-hydrogen) atoms. The number of aryl methyl sites for hydroxylation is 2. The van der Waals surface area contributed by atoms with Crippen molar-refractivity contribution in [3.63, 3.8) is 0 Å². The van der Waals surface area contributed by atoms with E-state index in [-0.39, 0.29) is 16.8 Å². The van der Waals surface area contributed by atoms with E-state index in [1.807, 2.05) is 45.0 Å². The van der Waals surface area contributed by atoms with Crippen molar-refractivity contribution in [2.75, 3.05) is 11.4 Å². The van der Waals surface area contributed by atoms with E-state index in [4.69, 9.17) is 0 Å². The molecule has 6 heteroatoms. The van der Waals surface area contributed by atoms with Crippen molar-refractivity contribution < 1.29 is 13.2 Å². The van der Waals surface area contributed by atoms with Crippen LogP contribution in [0.4, 0.5) is 5.69 Å². The lowest BCUT2D eigenvalue weighted by molar-refractivity contribution is 0.0985. The summed E-state index contributed by atoms with van der Waals surface area (Å²) in [5.41, 5.74) is 3.45. The number of hydrogen-bond donors (Lipinski definition) is 1. The maximum absolute atomic E-state index is 13.0. The number of nitrogens with one attached hydrogen (secondary N) is 1. The first-order chi connectivity index (χ1) is 13.3. The maximum Gasteiger partial charge on any atom is 0.258 e. The number of carbonyl (C=O) groups excluding carboxylic acids is 1. The minimum Gasteiger partial charge on any atom is -0.308 e. The van der Waals surface area contributed by atoms with Gasteiger partial charge >= 0.3 is 0 Å². The summed E-state index contributed by atoms with van der Waals surface area (Å²) in [4.78, 5) is 15.0. The summed E-state index contributed by atoms with van der Waals surface area (Å²) in [5.74, 6) is -0.0498. The summed E-state index contributed by atoms with van der Waals surface area (Å²) < 4.78 is 28.1. The Morgan fingerprint density at radius 2 is 1.89 bits per heavy atom. The number of rotatable bonds is 6. The monoisotopic (exact) mass is 400 g/mol. The third kappa shape index (κ3) is 4.45. The van der Waals surface area contributed by atoms with Crippen molar-refractivity contribution in [3.8, 4) is 0 Å². The van der Waals surface area contributed by atoms with Crippen LogP contribution in [0.15, 0.2) is 47.4 Å². The Bertz CT molecular complexity index is 952. The van der Waals surface area contributed by atoms with Crippen molar-refractivity contribution in [1.82, 2.24) is 4.72 Å². The van der Waals surface area contributed by atoms with E-state index in [1.54, 1.807) is 23.1 Å². The maximum atomic E-state index is 13.0. The molecule has 0 aliphatic carbocycles. The second kappa shape index (κ2) is 8.45. The zero-order valence-corrected chi connectivity index (χ0v) is 17.6. The van der Waals surface area contributed by atoms with Crippen LogP contribution in [0.25, 0.3) is 0 Å². The molecule has 1 atom stereocenters. The second-order valence-electron chi connectivity index (χ2n) is 7.53. The van der Waals surface area contributed by atoms with Gasteiger partial charge in [-0.25, -0.2) is 13.1 Å². The van der Waals surface area contributed by atoms with Gasteiger partial charge in [-0.1, -0.05) is 31.0 Å². The standard InChI is InChI=1S/C22H28N2O3S/c1-4-6-17(3)23-28(26,27)20-12-13-21-19(15-20)7-5-14-24(21)22(25)18-10-8-16(2)9-11-18/h8-13,15,17,23H,4-7,14H2,1-3H3. The number of sulfonamides is 1. The minimum atomic E-state index is -3.56. The van der Waals surface area contributed by atoms with Crippen molar-refractivity contribution in [2.45, 2.75) is 57.4 Å². The zero-order valence-electron chi connectivity index (χ0n) is 16.7. The van der Waals surface area contributed by atoms with Crippen molar-refractivity contribution >= 4 is 21.6 Å². The molecule has 3 rings (SSSR count). The molecule has 0 saturated carbocycles. The third-order valence-corrected chi connectivity index (χ3v) is 6.69. The van der Waals surface area contributed by atoms with Crippen LogP contribution in [0.2, 0.25) is 0 Å². The molecule has 0 radical (unpaired) electrons. The van der Waals surface area contributed by atoms with E-state index in [2.05, 4.69) is 4.72 Å². The van der Waals surface area contributed by atoms with Crippen LogP contribution in [0.3, 0.4) is 0 Å². The van der Waals surface area contributed by atoms with E-state index in [0.29, 0.717) is 12.1 Å². The Balaban J connectivity index is 1.87. The van der Waals surface area contributed by atoms with Crippen molar-refractivity contribution in [1.29, 1.82) is 0 Å². The second-order valence-corrected chi connectivity index (χ2v) is 9.24. The molecule has 1 N–H and O–H groups in total. The highest BCUT2D eigenvalue weighted by Crippen LogP contribution is 2.30. The lowest BCUT2D eigenvalue weighted by atomic mass is 10.0. The molecule has 1 heterocycles. The van der Waals surface area contributed by atoms with Gasteiger partial charge in [0.25, 0.3) is 5.91 Å². The van der Waals surface area contributed by atoms with Crippen LogP contribution in [0, 0.1) is 6.92 Å². The number of fused-ring (bicyclic) bond motifs is 1. The summed E-state index contributed by atoms with van der Waals surface area (Å²) in [5, 5.41) is 0. The van der Waals surface area contributed by atoms with Crippen molar-refractivity contribution in [3.05, 3.63) is 59.2 Å². The quantitative estimate of drug-likeness (QED) is 0.795. The van der Waals surface area contributed by atoms with Gasteiger partial charge in [-0.3, -0.25) is 4.79 Å². The fourth-order valence-corrected chi connectivity index (χ4v) is 4.96. The number of benzene rings is 2. The highest BCUT2D eigenvalue weighted by atomic mass is 32.2. The normalized spacial score (nSPS) is 15.2. The SMILES string of the molecule is CCCC(C)NS(=O)(=O)c1ccc2c(c1)CCCN2C(=O)c1ccc(C)cc1. The van der Waals surface area contributed by atoms with Crippen LogP contribution < -0.4 is 9.62 Å². The molecule has 0 bridgehead atoms. The molecule has 0 spiro atoms. The summed E-state index contributed by atoms with van der Waals surface area (Å²) in [7, 11) is -3.56. The van der Waals surface area contributed by atoms with Gasteiger partial charge in [0, 0.05) is 23.8 Å². The molecule has 2 aromatic carbocycles. The predicted molar refractivity (Wildman–Crippen MR) is 112 cm³/mol. The third-order valence-electron chi connectivity index (χ3n) is 5.10. The van der Waals surface area contributed by atoms with Gasteiger partial charge in [-0.05, 0) is 69.0 Å². The van der Waals surface area contributed by atoms with Gasteiger partial charge in [0.05, 0.1) is 4.90 Å². The van der Waals surface area contributed by atoms with E-state index < -0.39 is 10.0 Å². The smallest absolute Gasteiger partial charge is 0.258 e. The first-order valence-corrected chi connectivity index (χ1v) is 11.3. The number of anilines is 1. The molecular weight excluding hydrogens is 372 g/mol. The number of nitrogens with zero attached hydrogens (tertiary/aromatic N) is 1. The first-order valence-electron chi connectivity index (χ1n) is 9.85. The number of hydrogen-bond acceptors (Lipinski definition) is 3. The average molecular weight is 401 g/mol. The van der Waals surface area contributed by atoms with Crippen LogP contribution in [-0.4, -0.2) is 26.9 Å². The van der Waals surface area contributed by atoms with Crippen LogP contribution >= 0.6 is 0 Å². The molecule has 2 aromatic rings. The Labute approximate surface area is 167 Å². The van der Waals surface area contributed by atoms with Gasteiger partial charge in [0.1, 0.15) is 0 Å².